The SMILES string of the molecule is CCOCCCC(=O)NC1CC2CCC(C1)N2.Cl. The Kier molecular flexibility index (Phi) is 6.97. The van der Waals surface area contributed by atoms with Gasteiger partial charge >= 0.3 is 0 Å². The summed E-state index contributed by atoms with van der Waals surface area (Å²) in [6.07, 6.45) is 6.20. The van der Waals surface area contributed by atoms with Crippen molar-refractivity contribution in [3.63, 3.8) is 0 Å². The molecule has 2 bridgehead atoms. The third-order valence-electron chi connectivity index (χ3n) is 3.73. The Morgan fingerprint density at radius 1 is 1.33 bits per heavy atom. The van der Waals surface area contributed by atoms with Gasteiger partial charge in [0.1, 0.15) is 0 Å². The number of nitrogens with one attached hydrogen (secondary N) is 2. The minimum Gasteiger partial charge on any atom is -0.382 e. The summed E-state index contributed by atoms with van der Waals surface area (Å²) in [5.41, 5.74) is 0. The van der Waals surface area contributed by atoms with Crippen LogP contribution in [-0.2, 0) is 9.53 Å². The number of hydrogen-bond acceptors (Lipinski definition) is 3. The van der Waals surface area contributed by atoms with E-state index in [1.54, 1.807) is 0 Å². The summed E-state index contributed by atoms with van der Waals surface area (Å²) in [6.45, 7) is 3.41. The Balaban J connectivity index is 0.00000162. The van der Waals surface area contributed by atoms with E-state index in [4.69, 9.17) is 4.74 Å². The molecule has 2 N–H and O–H groups in total. The minimum atomic E-state index is 0. The lowest BCUT2D eigenvalue weighted by Gasteiger charge is -2.29. The maximum atomic E-state index is 11.7. The molecule has 106 valence electrons. The molecule has 0 saturated carbocycles. The monoisotopic (exact) mass is 276 g/mol. The Hall–Kier alpha value is -0.320. The van der Waals surface area contributed by atoms with Crippen LogP contribution in [0.15, 0.2) is 0 Å². The van der Waals surface area contributed by atoms with Gasteiger partial charge in [0, 0.05) is 37.8 Å². The molecule has 2 saturated heterocycles. The number of fused-ring (bicyclic) bond motifs is 2. The number of piperidine rings is 1. The van der Waals surface area contributed by atoms with Crippen molar-refractivity contribution >= 4 is 18.3 Å². The molecule has 2 aliphatic rings. The molecule has 2 unspecified atom stereocenters. The van der Waals surface area contributed by atoms with Gasteiger partial charge in [-0.15, -0.1) is 12.4 Å². The third-order valence-corrected chi connectivity index (χ3v) is 3.73. The molecule has 0 spiro atoms. The molecule has 2 rings (SSSR count). The molecule has 1 amide bonds. The van der Waals surface area contributed by atoms with Crippen LogP contribution in [0.25, 0.3) is 0 Å². The molecule has 0 aromatic carbocycles. The van der Waals surface area contributed by atoms with E-state index in [9.17, 15) is 4.79 Å². The van der Waals surface area contributed by atoms with Crippen molar-refractivity contribution in [2.24, 2.45) is 0 Å². The van der Waals surface area contributed by atoms with Gasteiger partial charge in [0.05, 0.1) is 0 Å². The molecule has 18 heavy (non-hydrogen) atoms. The van der Waals surface area contributed by atoms with Crippen molar-refractivity contribution < 1.29 is 9.53 Å². The molecule has 2 aliphatic heterocycles. The topological polar surface area (TPSA) is 50.4 Å². The highest BCUT2D eigenvalue weighted by molar-refractivity contribution is 5.85. The number of halogens is 1. The highest BCUT2D eigenvalue weighted by Crippen LogP contribution is 2.26. The summed E-state index contributed by atoms with van der Waals surface area (Å²) in [5, 5.41) is 6.74. The standard InChI is InChI=1S/C13H24N2O2.ClH/c1-2-17-7-3-4-13(16)15-12-8-10-5-6-11(9-12)14-10;/h10-12,14H,2-9H2,1H3,(H,15,16);1H. The molecule has 0 radical (unpaired) electrons. The van der Waals surface area contributed by atoms with Crippen molar-refractivity contribution in [1.82, 2.24) is 10.6 Å². The van der Waals surface area contributed by atoms with E-state index >= 15 is 0 Å². The van der Waals surface area contributed by atoms with Gasteiger partial charge in [-0.2, -0.15) is 0 Å². The normalized spacial score (nSPS) is 29.7. The number of hydrogen-bond donors (Lipinski definition) is 2. The Morgan fingerprint density at radius 2 is 2.00 bits per heavy atom. The van der Waals surface area contributed by atoms with Crippen molar-refractivity contribution in [3.8, 4) is 0 Å². The van der Waals surface area contributed by atoms with Gasteiger partial charge in [0.25, 0.3) is 0 Å². The zero-order valence-corrected chi connectivity index (χ0v) is 11.9. The summed E-state index contributed by atoms with van der Waals surface area (Å²) in [7, 11) is 0. The van der Waals surface area contributed by atoms with Crippen molar-refractivity contribution in [2.45, 2.75) is 63.6 Å². The van der Waals surface area contributed by atoms with Gasteiger partial charge in [0.15, 0.2) is 0 Å². The highest BCUT2D eigenvalue weighted by atomic mass is 35.5. The smallest absolute Gasteiger partial charge is 0.220 e. The maximum absolute atomic E-state index is 11.7. The zero-order valence-electron chi connectivity index (χ0n) is 11.1. The predicted molar refractivity (Wildman–Crippen MR) is 74.1 cm³/mol. The molecule has 5 heteroatoms. The molecule has 2 heterocycles. The van der Waals surface area contributed by atoms with Crippen LogP contribution in [0.4, 0.5) is 0 Å². The molecule has 2 atom stereocenters. The number of ether oxygens (including phenoxy) is 1. The van der Waals surface area contributed by atoms with E-state index < -0.39 is 0 Å². The molecule has 0 aromatic heterocycles. The van der Waals surface area contributed by atoms with E-state index in [2.05, 4.69) is 10.6 Å². The molecule has 4 nitrogen and oxygen atoms in total. The highest BCUT2D eigenvalue weighted by Gasteiger charge is 2.33. The van der Waals surface area contributed by atoms with Gasteiger partial charge in [-0.05, 0) is 39.0 Å². The second-order valence-corrected chi connectivity index (χ2v) is 5.17. The Morgan fingerprint density at radius 3 is 2.61 bits per heavy atom. The lowest BCUT2D eigenvalue weighted by atomic mass is 9.99. The van der Waals surface area contributed by atoms with Crippen LogP contribution in [-0.4, -0.2) is 37.2 Å². The fourth-order valence-corrected chi connectivity index (χ4v) is 2.95. The minimum absolute atomic E-state index is 0. The van der Waals surface area contributed by atoms with Crippen LogP contribution in [0.2, 0.25) is 0 Å². The second-order valence-electron chi connectivity index (χ2n) is 5.17. The molecule has 0 aromatic rings. The summed E-state index contributed by atoms with van der Waals surface area (Å²) >= 11 is 0. The molecule has 0 aliphatic carbocycles. The second kappa shape index (κ2) is 7.97. The summed E-state index contributed by atoms with van der Waals surface area (Å²) in [4.78, 5) is 11.7. The molecular formula is C13H25ClN2O2. The summed E-state index contributed by atoms with van der Waals surface area (Å²) in [5.74, 6) is 0.191. The van der Waals surface area contributed by atoms with Crippen LogP contribution >= 0.6 is 12.4 Å². The van der Waals surface area contributed by atoms with Crippen LogP contribution < -0.4 is 10.6 Å². The first kappa shape index (κ1) is 15.7. The number of carbonyl (C=O) groups excluding carboxylic acids is 1. The number of amides is 1. The van der Waals surface area contributed by atoms with Crippen LogP contribution in [0.1, 0.15) is 45.4 Å². The third kappa shape index (κ3) is 4.75. The van der Waals surface area contributed by atoms with Crippen molar-refractivity contribution in [1.29, 1.82) is 0 Å². The van der Waals surface area contributed by atoms with E-state index in [0.29, 0.717) is 31.2 Å². The maximum Gasteiger partial charge on any atom is 0.220 e. The summed E-state index contributed by atoms with van der Waals surface area (Å²) < 4.78 is 5.23. The van der Waals surface area contributed by atoms with Gasteiger partial charge in [-0.25, -0.2) is 0 Å². The zero-order chi connectivity index (χ0) is 12.1. The first-order chi connectivity index (χ1) is 8.28. The van der Waals surface area contributed by atoms with Crippen LogP contribution in [0, 0.1) is 0 Å². The average Bonchev–Trinajstić information content (AvgIpc) is 2.64. The Labute approximate surface area is 116 Å². The van der Waals surface area contributed by atoms with Crippen LogP contribution in [0.5, 0.6) is 0 Å². The quantitative estimate of drug-likeness (QED) is 0.725. The molecule has 2 fully saturated rings. The van der Waals surface area contributed by atoms with E-state index in [-0.39, 0.29) is 18.3 Å². The number of carbonyl (C=O) groups is 1. The van der Waals surface area contributed by atoms with Gasteiger partial charge in [-0.1, -0.05) is 0 Å². The first-order valence-corrected chi connectivity index (χ1v) is 6.91. The lowest BCUT2D eigenvalue weighted by molar-refractivity contribution is -0.122. The van der Waals surface area contributed by atoms with E-state index in [0.717, 1.165) is 25.9 Å². The number of rotatable bonds is 6. The fraction of sp³-hybridized carbons (Fsp3) is 0.923. The van der Waals surface area contributed by atoms with Gasteiger partial charge in [0.2, 0.25) is 5.91 Å². The largest absolute Gasteiger partial charge is 0.382 e. The fourth-order valence-electron chi connectivity index (χ4n) is 2.95. The average molecular weight is 277 g/mol. The van der Waals surface area contributed by atoms with Gasteiger partial charge < -0.3 is 15.4 Å². The summed E-state index contributed by atoms with van der Waals surface area (Å²) in [6, 6.07) is 1.68. The Bertz CT molecular complexity index is 251. The van der Waals surface area contributed by atoms with Crippen molar-refractivity contribution in [3.05, 3.63) is 0 Å². The van der Waals surface area contributed by atoms with E-state index in [1.807, 2.05) is 6.92 Å². The van der Waals surface area contributed by atoms with Gasteiger partial charge in [-0.3, -0.25) is 4.79 Å². The van der Waals surface area contributed by atoms with E-state index in [1.165, 1.54) is 12.8 Å². The van der Waals surface area contributed by atoms with Crippen molar-refractivity contribution in [2.75, 3.05) is 13.2 Å². The lowest BCUT2D eigenvalue weighted by Crippen LogP contribution is -2.48. The van der Waals surface area contributed by atoms with Crippen LogP contribution in [0.3, 0.4) is 0 Å². The molecular weight excluding hydrogens is 252 g/mol. The predicted octanol–water partition coefficient (Wildman–Crippen LogP) is 1.62. The first-order valence-electron chi connectivity index (χ1n) is 6.91.